The Kier molecular flexibility index (Phi) is 3.74. The van der Waals surface area contributed by atoms with Crippen molar-refractivity contribution in [2.24, 2.45) is 10.9 Å². The second-order valence-electron chi connectivity index (χ2n) is 4.12. The molecule has 5 heteroatoms. The number of hydrogen-bond donors (Lipinski definition) is 3. The number of benzene rings is 1. The molecule has 18 heavy (non-hydrogen) atoms. The van der Waals surface area contributed by atoms with Crippen LogP contribution in [0.4, 0.5) is 0 Å². The predicted molar refractivity (Wildman–Crippen MR) is 71.5 cm³/mol. The molecule has 1 heterocycles. The molecule has 1 unspecified atom stereocenters. The Balaban J connectivity index is 2.17. The highest BCUT2D eigenvalue weighted by Crippen LogP contribution is 2.15. The number of nitrogens with two attached hydrogens (primary N) is 1. The van der Waals surface area contributed by atoms with Crippen molar-refractivity contribution in [3.63, 3.8) is 0 Å². The minimum atomic E-state index is -0.186. The Morgan fingerprint density at radius 3 is 3.00 bits per heavy atom. The van der Waals surface area contributed by atoms with Gasteiger partial charge >= 0.3 is 0 Å². The van der Waals surface area contributed by atoms with Gasteiger partial charge in [-0.25, -0.2) is 0 Å². The van der Waals surface area contributed by atoms with Crippen LogP contribution in [0, 0.1) is 0 Å². The Morgan fingerprint density at radius 2 is 2.22 bits per heavy atom. The zero-order valence-electron chi connectivity index (χ0n) is 10.2. The molecule has 1 atom stereocenters. The molecule has 2 rings (SSSR count). The van der Waals surface area contributed by atoms with Gasteiger partial charge in [0.25, 0.3) is 0 Å². The summed E-state index contributed by atoms with van der Waals surface area (Å²) < 4.78 is 0. The number of nitrogens with zero attached hydrogens (tertiary/aromatic N) is 2. The molecule has 0 fully saturated rings. The highest BCUT2D eigenvalue weighted by atomic mass is 16.4. The molecule has 0 saturated carbocycles. The molecule has 0 aliphatic rings. The number of rotatable bonds is 4. The Bertz CT molecular complexity index is 562. The lowest BCUT2D eigenvalue weighted by Crippen LogP contribution is -2.38. The van der Waals surface area contributed by atoms with Gasteiger partial charge in [-0.1, -0.05) is 29.4 Å². The second-order valence-corrected chi connectivity index (χ2v) is 4.12. The maximum absolute atomic E-state index is 8.58. The first-order valence-electron chi connectivity index (χ1n) is 5.76. The standard InChI is InChI=1S/C13H16N4O/c1-9(13(14)17-18)16-8-11-5-2-4-10-6-3-7-15-12(10)11/h2-7,9,16,18H,8H2,1H3,(H2,14,17). The first-order valence-corrected chi connectivity index (χ1v) is 5.76. The normalized spacial score (nSPS) is 13.7. The number of hydrogen-bond acceptors (Lipinski definition) is 4. The number of oxime groups is 1. The summed E-state index contributed by atoms with van der Waals surface area (Å²) in [5, 5.41) is 15.9. The fourth-order valence-corrected chi connectivity index (χ4v) is 1.76. The van der Waals surface area contributed by atoms with Crippen LogP contribution in [0.2, 0.25) is 0 Å². The first kappa shape index (κ1) is 12.3. The van der Waals surface area contributed by atoms with E-state index in [0.29, 0.717) is 6.54 Å². The van der Waals surface area contributed by atoms with E-state index in [4.69, 9.17) is 10.9 Å². The zero-order valence-corrected chi connectivity index (χ0v) is 10.2. The van der Waals surface area contributed by atoms with E-state index in [-0.39, 0.29) is 11.9 Å². The molecule has 0 bridgehead atoms. The lowest BCUT2D eigenvalue weighted by Gasteiger charge is -2.13. The van der Waals surface area contributed by atoms with Crippen molar-refractivity contribution in [3.8, 4) is 0 Å². The van der Waals surface area contributed by atoms with Gasteiger partial charge in [0.05, 0.1) is 11.6 Å². The van der Waals surface area contributed by atoms with Crippen molar-refractivity contribution in [3.05, 3.63) is 42.1 Å². The van der Waals surface area contributed by atoms with Gasteiger partial charge in [-0.05, 0) is 18.6 Å². The van der Waals surface area contributed by atoms with E-state index >= 15 is 0 Å². The molecule has 0 amide bonds. The van der Waals surface area contributed by atoms with Crippen molar-refractivity contribution < 1.29 is 5.21 Å². The summed E-state index contributed by atoms with van der Waals surface area (Å²) in [7, 11) is 0. The molecule has 0 spiro atoms. The summed E-state index contributed by atoms with van der Waals surface area (Å²) in [6, 6.07) is 9.79. The van der Waals surface area contributed by atoms with Crippen molar-refractivity contribution >= 4 is 16.7 Å². The Morgan fingerprint density at radius 1 is 1.44 bits per heavy atom. The summed E-state index contributed by atoms with van der Waals surface area (Å²) in [6.45, 7) is 2.46. The van der Waals surface area contributed by atoms with Gasteiger partial charge in [0, 0.05) is 18.1 Å². The minimum Gasteiger partial charge on any atom is -0.409 e. The van der Waals surface area contributed by atoms with E-state index in [2.05, 4.69) is 15.5 Å². The van der Waals surface area contributed by atoms with Crippen LogP contribution in [0.3, 0.4) is 0 Å². The number of pyridine rings is 1. The molecular weight excluding hydrogens is 228 g/mol. The maximum Gasteiger partial charge on any atom is 0.156 e. The van der Waals surface area contributed by atoms with Crippen LogP contribution in [0.5, 0.6) is 0 Å². The largest absolute Gasteiger partial charge is 0.409 e. The fraction of sp³-hybridized carbons (Fsp3) is 0.231. The van der Waals surface area contributed by atoms with Crippen molar-refractivity contribution in [2.75, 3.05) is 0 Å². The van der Waals surface area contributed by atoms with Crippen LogP contribution >= 0.6 is 0 Å². The number of nitrogens with one attached hydrogen (secondary N) is 1. The highest BCUT2D eigenvalue weighted by molar-refractivity contribution is 5.85. The van der Waals surface area contributed by atoms with Gasteiger partial charge in [-0.2, -0.15) is 0 Å². The SMILES string of the molecule is CC(NCc1cccc2cccnc12)/C(N)=N/O. The summed E-state index contributed by atoms with van der Waals surface area (Å²) in [6.07, 6.45) is 1.78. The third-order valence-electron chi connectivity index (χ3n) is 2.87. The van der Waals surface area contributed by atoms with Gasteiger partial charge in [0.2, 0.25) is 0 Å². The van der Waals surface area contributed by atoms with E-state index in [9.17, 15) is 0 Å². The number of amidine groups is 1. The van der Waals surface area contributed by atoms with E-state index < -0.39 is 0 Å². The molecular formula is C13H16N4O. The topological polar surface area (TPSA) is 83.5 Å². The molecule has 4 N–H and O–H groups in total. The average molecular weight is 244 g/mol. The van der Waals surface area contributed by atoms with Crippen LogP contribution in [-0.2, 0) is 6.54 Å². The van der Waals surface area contributed by atoms with Crippen molar-refractivity contribution in [1.82, 2.24) is 10.3 Å². The quantitative estimate of drug-likeness (QED) is 0.329. The molecule has 5 nitrogen and oxygen atoms in total. The van der Waals surface area contributed by atoms with Crippen LogP contribution in [0.1, 0.15) is 12.5 Å². The van der Waals surface area contributed by atoms with E-state index in [1.807, 2.05) is 37.3 Å². The second kappa shape index (κ2) is 5.46. The van der Waals surface area contributed by atoms with E-state index in [0.717, 1.165) is 16.5 Å². The summed E-state index contributed by atoms with van der Waals surface area (Å²) in [4.78, 5) is 4.37. The van der Waals surface area contributed by atoms with Crippen LogP contribution in [0.25, 0.3) is 10.9 Å². The minimum absolute atomic E-state index is 0.170. The molecule has 2 aromatic rings. The summed E-state index contributed by atoms with van der Waals surface area (Å²) in [5.41, 5.74) is 7.58. The monoisotopic (exact) mass is 244 g/mol. The molecule has 1 aromatic heterocycles. The fourth-order valence-electron chi connectivity index (χ4n) is 1.76. The molecule has 0 aliphatic carbocycles. The maximum atomic E-state index is 8.58. The summed E-state index contributed by atoms with van der Waals surface area (Å²) >= 11 is 0. The average Bonchev–Trinajstić information content (AvgIpc) is 2.43. The highest BCUT2D eigenvalue weighted by Gasteiger charge is 2.08. The zero-order chi connectivity index (χ0) is 13.0. The predicted octanol–water partition coefficient (Wildman–Crippen LogP) is 1.46. The number of para-hydroxylation sites is 1. The van der Waals surface area contributed by atoms with E-state index in [1.165, 1.54) is 0 Å². The molecule has 94 valence electrons. The van der Waals surface area contributed by atoms with Gasteiger partial charge < -0.3 is 16.3 Å². The van der Waals surface area contributed by atoms with Crippen LogP contribution in [-0.4, -0.2) is 22.1 Å². The molecule has 0 aliphatic heterocycles. The smallest absolute Gasteiger partial charge is 0.156 e. The van der Waals surface area contributed by atoms with Gasteiger partial charge in [0.1, 0.15) is 0 Å². The van der Waals surface area contributed by atoms with Gasteiger partial charge in [0.15, 0.2) is 5.84 Å². The lowest BCUT2D eigenvalue weighted by molar-refractivity contribution is 0.315. The first-order chi connectivity index (χ1) is 8.72. The van der Waals surface area contributed by atoms with Gasteiger partial charge in [-0.3, -0.25) is 4.98 Å². The lowest BCUT2D eigenvalue weighted by atomic mass is 10.1. The molecule has 1 aromatic carbocycles. The third-order valence-corrected chi connectivity index (χ3v) is 2.87. The molecule has 0 saturated heterocycles. The van der Waals surface area contributed by atoms with Crippen molar-refractivity contribution in [1.29, 1.82) is 0 Å². The van der Waals surface area contributed by atoms with Crippen LogP contribution in [0.15, 0.2) is 41.7 Å². The third kappa shape index (κ3) is 2.57. The molecule has 0 radical (unpaired) electrons. The Hall–Kier alpha value is -2.14. The van der Waals surface area contributed by atoms with Gasteiger partial charge in [-0.15, -0.1) is 0 Å². The number of fused-ring (bicyclic) bond motifs is 1. The summed E-state index contributed by atoms with van der Waals surface area (Å²) in [5.74, 6) is 0.170. The van der Waals surface area contributed by atoms with E-state index in [1.54, 1.807) is 6.20 Å². The number of aromatic nitrogens is 1. The Labute approximate surface area is 105 Å². The van der Waals surface area contributed by atoms with Crippen molar-refractivity contribution in [2.45, 2.75) is 19.5 Å². The van der Waals surface area contributed by atoms with Crippen LogP contribution < -0.4 is 11.1 Å².